The van der Waals surface area contributed by atoms with Crippen molar-refractivity contribution in [2.24, 2.45) is 5.92 Å². The third-order valence-corrected chi connectivity index (χ3v) is 4.47. The van der Waals surface area contributed by atoms with E-state index in [4.69, 9.17) is 0 Å². The lowest BCUT2D eigenvalue weighted by molar-refractivity contribution is 0.0571. The molecule has 1 saturated heterocycles. The number of phenols is 1. The SMILES string of the molecule is CC1CCC(C)N(C(=O)c2cc3ccccc3cc2O)C1. The van der Waals surface area contributed by atoms with Crippen molar-refractivity contribution in [2.75, 3.05) is 6.54 Å². The molecule has 110 valence electrons. The molecule has 0 radical (unpaired) electrons. The van der Waals surface area contributed by atoms with E-state index in [0.717, 1.165) is 30.2 Å². The van der Waals surface area contributed by atoms with Crippen LogP contribution in [0.1, 0.15) is 37.0 Å². The molecule has 3 rings (SSSR count). The number of benzene rings is 2. The molecular formula is C18H21NO2. The summed E-state index contributed by atoms with van der Waals surface area (Å²) in [6, 6.07) is 11.5. The minimum absolute atomic E-state index is 0.0581. The van der Waals surface area contributed by atoms with Gasteiger partial charge in [0.2, 0.25) is 0 Å². The fourth-order valence-electron chi connectivity index (χ4n) is 3.13. The van der Waals surface area contributed by atoms with Crippen LogP contribution >= 0.6 is 0 Å². The molecule has 1 aliphatic heterocycles. The summed E-state index contributed by atoms with van der Waals surface area (Å²) >= 11 is 0. The number of aromatic hydroxyl groups is 1. The van der Waals surface area contributed by atoms with Crippen molar-refractivity contribution >= 4 is 16.7 Å². The van der Waals surface area contributed by atoms with Crippen LogP contribution in [-0.4, -0.2) is 28.5 Å². The summed E-state index contributed by atoms with van der Waals surface area (Å²) in [6.07, 6.45) is 2.19. The maximum absolute atomic E-state index is 12.8. The molecule has 1 heterocycles. The molecule has 0 saturated carbocycles. The highest BCUT2D eigenvalue weighted by molar-refractivity contribution is 6.01. The molecular weight excluding hydrogens is 262 g/mol. The normalized spacial score (nSPS) is 22.5. The second kappa shape index (κ2) is 5.40. The first kappa shape index (κ1) is 13.9. The number of likely N-dealkylation sites (tertiary alicyclic amines) is 1. The number of piperidine rings is 1. The van der Waals surface area contributed by atoms with E-state index in [0.29, 0.717) is 11.5 Å². The van der Waals surface area contributed by atoms with Gasteiger partial charge in [-0.25, -0.2) is 0 Å². The summed E-state index contributed by atoms with van der Waals surface area (Å²) < 4.78 is 0. The van der Waals surface area contributed by atoms with Crippen molar-refractivity contribution in [3.05, 3.63) is 42.0 Å². The topological polar surface area (TPSA) is 40.5 Å². The fraction of sp³-hybridized carbons (Fsp3) is 0.389. The van der Waals surface area contributed by atoms with E-state index >= 15 is 0 Å². The Morgan fingerprint density at radius 1 is 1.14 bits per heavy atom. The van der Waals surface area contributed by atoms with Crippen LogP contribution in [-0.2, 0) is 0 Å². The standard InChI is InChI=1S/C18H21NO2/c1-12-7-8-13(2)19(11-12)18(21)16-9-14-5-3-4-6-15(14)10-17(16)20/h3-6,9-10,12-13,20H,7-8,11H2,1-2H3. The van der Waals surface area contributed by atoms with Crippen LogP contribution in [0.4, 0.5) is 0 Å². The Balaban J connectivity index is 1.99. The fourth-order valence-corrected chi connectivity index (χ4v) is 3.13. The van der Waals surface area contributed by atoms with Crippen molar-refractivity contribution in [1.29, 1.82) is 0 Å². The quantitative estimate of drug-likeness (QED) is 0.864. The molecule has 1 aliphatic rings. The molecule has 1 N–H and O–H groups in total. The molecule has 2 aromatic rings. The Bertz CT molecular complexity index is 680. The zero-order chi connectivity index (χ0) is 15.0. The lowest BCUT2D eigenvalue weighted by Gasteiger charge is -2.37. The minimum atomic E-state index is -0.0581. The highest BCUT2D eigenvalue weighted by Crippen LogP contribution is 2.29. The van der Waals surface area contributed by atoms with Gasteiger partial charge in [-0.05, 0) is 48.6 Å². The summed E-state index contributed by atoms with van der Waals surface area (Å²) in [5.41, 5.74) is 0.412. The number of carbonyl (C=O) groups is 1. The van der Waals surface area contributed by atoms with Crippen LogP contribution in [0.15, 0.2) is 36.4 Å². The van der Waals surface area contributed by atoms with Crippen LogP contribution < -0.4 is 0 Å². The van der Waals surface area contributed by atoms with Gasteiger partial charge >= 0.3 is 0 Å². The van der Waals surface area contributed by atoms with E-state index in [2.05, 4.69) is 13.8 Å². The third kappa shape index (κ3) is 2.60. The van der Waals surface area contributed by atoms with Crippen LogP contribution in [0.2, 0.25) is 0 Å². The molecule has 3 heteroatoms. The van der Waals surface area contributed by atoms with E-state index in [1.165, 1.54) is 0 Å². The molecule has 2 aromatic carbocycles. The number of hydrogen-bond acceptors (Lipinski definition) is 2. The summed E-state index contributed by atoms with van der Waals surface area (Å²) in [5.74, 6) is 0.536. The molecule has 3 nitrogen and oxygen atoms in total. The number of fused-ring (bicyclic) bond motifs is 1. The Morgan fingerprint density at radius 2 is 1.81 bits per heavy atom. The summed E-state index contributed by atoms with van der Waals surface area (Å²) in [4.78, 5) is 14.7. The number of hydrogen-bond donors (Lipinski definition) is 1. The zero-order valence-corrected chi connectivity index (χ0v) is 12.5. The summed E-state index contributed by atoms with van der Waals surface area (Å²) in [6.45, 7) is 5.03. The Kier molecular flexibility index (Phi) is 3.58. The van der Waals surface area contributed by atoms with Gasteiger partial charge in [-0.15, -0.1) is 0 Å². The lowest BCUT2D eigenvalue weighted by atomic mass is 9.94. The minimum Gasteiger partial charge on any atom is -0.507 e. The summed E-state index contributed by atoms with van der Waals surface area (Å²) in [7, 11) is 0. The molecule has 0 aromatic heterocycles. The maximum Gasteiger partial charge on any atom is 0.257 e. The van der Waals surface area contributed by atoms with E-state index < -0.39 is 0 Å². The number of rotatable bonds is 1. The van der Waals surface area contributed by atoms with Crippen LogP contribution in [0.25, 0.3) is 10.8 Å². The molecule has 2 unspecified atom stereocenters. The number of amides is 1. The number of nitrogens with zero attached hydrogens (tertiary/aromatic N) is 1. The molecule has 0 bridgehead atoms. The lowest BCUT2D eigenvalue weighted by Crippen LogP contribution is -2.44. The van der Waals surface area contributed by atoms with Crippen LogP contribution in [0, 0.1) is 5.92 Å². The van der Waals surface area contributed by atoms with Crippen molar-refractivity contribution in [2.45, 2.75) is 32.7 Å². The van der Waals surface area contributed by atoms with Gasteiger partial charge in [0.05, 0.1) is 5.56 Å². The molecule has 0 spiro atoms. The largest absolute Gasteiger partial charge is 0.507 e. The van der Waals surface area contributed by atoms with Gasteiger partial charge in [0, 0.05) is 12.6 Å². The van der Waals surface area contributed by atoms with Crippen molar-refractivity contribution < 1.29 is 9.90 Å². The smallest absolute Gasteiger partial charge is 0.257 e. The third-order valence-electron chi connectivity index (χ3n) is 4.47. The maximum atomic E-state index is 12.8. The number of carbonyl (C=O) groups excluding carboxylic acids is 1. The molecule has 2 atom stereocenters. The first-order valence-electron chi connectivity index (χ1n) is 7.59. The van der Waals surface area contributed by atoms with E-state index in [-0.39, 0.29) is 17.7 Å². The van der Waals surface area contributed by atoms with Gasteiger partial charge in [0.15, 0.2) is 0 Å². The molecule has 1 amide bonds. The van der Waals surface area contributed by atoms with Gasteiger partial charge in [0.1, 0.15) is 5.75 Å². The zero-order valence-electron chi connectivity index (χ0n) is 12.5. The van der Waals surface area contributed by atoms with Crippen LogP contribution in [0.5, 0.6) is 5.75 Å². The van der Waals surface area contributed by atoms with Gasteiger partial charge in [0.25, 0.3) is 5.91 Å². The molecule has 21 heavy (non-hydrogen) atoms. The highest BCUT2D eigenvalue weighted by Gasteiger charge is 2.29. The van der Waals surface area contributed by atoms with Crippen molar-refractivity contribution in [3.63, 3.8) is 0 Å². The Morgan fingerprint density at radius 3 is 2.52 bits per heavy atom. The van der Waals surface area contributed by atoms with Gasteiger partial charge in [-0.1, -0.05) is 31.2 Å². The Hall–Kier alpha value is -2.03. The van der Waals surface area contributed by atoms with Crippen molar-refractivity contribution in [3.8, 4) is 5.75 Å². The molecule has 1 fully saturated rings. The van der Waals surface area contributed by atoms with Gasteiger partial charge < -0.3 is 10.0 Å². The van der Waals surface area contributed by atoms with Gasteiger partial charge in [-0.2, -0.15) is 0 Å². The number of phenolic OH excluding ortho intramolecular Hbond substituents is 1. The molecule has 0 aliphatic carbocycles. The van der Waals surface area contributed by atoms with E-state index in [1.54, 1.807) is 12.1 Å². The average Bonchev–Trinajstić information content (AvgIpc) is 2.48. The monoisotopic (exact) mass is 283 g/mol. The Labute approximate surface area is 125 Å². The first-order valence-corrected chi connectivity index (χ1v) is 7.59. The predicted octanol–water partition coefficient (Wildman–Crippen LogP) is 3.81. The van der Waals surface area contributed by atoms with Gasteiger partial charge in [-0.3, -0.25) is 4.79 Å². The van der Waals surface area contributed by atoms with Crippen LogP contribution in [0.3, 0.4) is 0 Å². The second-order valence-corrected chi connectivity index (χ2v) is 6.21. The van der Waals surface area contributed by atoms with Crippen molar-refractivity contribution in [1.82, 2.24) is 4.90 Å². The summed E-state index contributed by atoms with van der Waals surface area (Å²) in [5, 5.41) is 12.1. The first-order chi connectivity index (χ1) is 10.1. The van der Waals surface area contributed by atoms with E-state index in [1.807, 2.05) is 29.2 Å². The average molecular weight is 283 g/mol. The van der Waals surface area contributed by atoms with E-state index in [9.17, 15) is 9.90 Å². The second-order valence-electron chi connectivity index (χ2n) is 6.21. The highest BCUT2D eigenvalue weighted by atomic mass is 16.3. The predicted molar refractivity (Wildman–Crippen MR) is 84.5 cm³/mol.